The van der Waals surface area contributed by atoms with E-state index >= 15 is 0 Å². The van der Waals surface area contributed by atoms with Gasteiger partial charge in [-0.15, -0.1) is 0 Å². The molecule has 188 valence electrons. The number of aromatic nitrogens is 3. The fraction of sp³-hybridized carbons (Fsp3) is 0.136. The lowest BCUT2D eigenvalue weighted by molar-refractivity contribution is -0.144. The maximum absolute atomic E-state index is 13.3. The quantitative estimate of drug-likeness (QED) is 0.340. The van der Waals surface area contributed by atoms with E-state index in [1.165, 1.54) is 30.5 Å². The van der Waals surface area contributed by atoms with Crippen molar-refractivity contribution in [3.8, 4) is 11.6 Å². The average Bonchev–Trinajstić information content (AvgIpc) is 2.82. The summed E-state index contributed by atoms with van der Waals surface area (Å²) in [7, 11) is -3.89. The largest absolute Gasteiger partial charge is 0.439 e. The molecule has 0 spiro atoms. The number of benzene rings is 1. The van der Waals surface area contributed by atoms with Gasteiger partial charge in [0.05, 0.1) is 10.5 Å². The number of nitrogens with one attached hydrogen (secondary N) is 1. The number of halogens is 6. The Hall–Kier alpha value is -3.78. The maximum atomic E-state index is 13.3. The highest BCUT2D eigenvalue weighted by Gasteiger charge is 2.39. The third kappa shape index (κ3) is 5.71. The van der Waals surface area contributed by atoms with Gasteiger partial charge >= 0.3 is 12.4 Å². The first kappa shape index (κ1) is 25.3. The van der Waals surface area contributed by atoms with Gasteiger partial charge in [0.2, 0.25) is 15.9 Å². The maximum Gasteiger partial charge on any atom is 0.433 e. The van der Waals surface area contributed by atoms with Crippen molar-refractivity contribution in [1.82, 2.24) is 19.7 Å². The van der Waals surface area contributed by atoms with Crippen LogP contribution in [-0.4, -0.2) is 23.4 Å². The normalized spacial score (nSPS) is 12.6. The number of rotatable bonds is 6. The topological polar surface area (TPSA) is 94.1 Å². The molecule has 1 N–H and O–H groups in total. The summed E-state index contributed by atoms with van der Waals surface area (Å²) in [5, 5.41) is -0.635. The third-order valence-corrected chi connectivity index (χ3v) is 6.21. The van der Waals surface area contributed by atoms with Crippen LogP contribution in [0.1, 0.15) is 16.8 Å². The minimum atomic E-state index is -5.13. The predicted octanol–water partition coefficient (Wildman–Crippen LogP) is 5.33. The summed E-state index contributed by atoms with van der Waals surface area (Å²) in [5.41, 5.74) is -3.46. The summed E-state index contributed by atoms with van der Waals surface area (Å²) in [4.78, 5) is 10.7. The summed E-state index contributed by atoms with van der Waals surface area (Å²) in [6, 6.07) is 10.1. The van der Waals surface area contributed by atoms with E-state index < -0.39 is 44.7 Å². The molecule has 0 saturated carbocycles. The van der Waals surface area contributed by atoms with Crippen molar-refractivity contribution >= 4 is 21.1 Å². The Morgan fingerprint density at radius 3 is 2.22 bits per heavy atom. The molecule has 7 nitrogen and oxygen atoms in total. The molecule has 0 amide bonds. The molecule has 0 radical (unpaired) electrons. The van der Waals surface area contributed by atoms with Gasteiger partial charge in [-0.05, 0) is 48.0 Å². The molecule has 0 unspecified atom stereocenters. The zero-order valence-electron chi connectivity index (χ0n) is 17.8. The highest BCUT2D eigenvalue weighted by atomic mass is 32.2. The van der Waals surface area contributed by atoms with Gasteiger partial charge in [-0.25, -0.2) is 18.1 Å². The van der Waals surface area contributed by atoms with Gasteiger partial charge in [0.25, 0.3) is 0 Å². The Morgan fingerprint density at radius 1 is 0.889 bits per heavy atom. The lowest BCUT2D eigenvalue weighted by Gasteiger charge is -2.14. The first-order valence-electron chi connectivity index (χ1n) is 9.96. The van der Waals surface area contributed by atoms with Crippen molar-refractivity contribution < 1.29 is 39.5 Å². The number of alkyl halides is 6. The Morgan fingerprint density at radius 2 is 1.61 bits per heavy atom. The van der Waals surface area contributed by atoms with Crippen LogP contribution >= 0.6 is 0 Å². The van der Waals surface area contributed by atoms with Gasteiger partial charge in [0, 0.05) is 30.4 Å². The summed E-state index contributed by atoms with van der Waals surface area (Å²) < 4.78 is 112. The highest BCUT2D eigenvalue weighted by Crippen LogP contribution is 2.38. The second-order valence-corrected chi connectivity index (χ2v) is 9.10. The van der Waals surface area contributed by atoms with Crippen molar-refractivity contribution in [1.29, 1.82) is 0 Å². The second-order valence-electron chi connectivity index (χ2n) is 7.33. The van der Waals surface area contributed by atoms with E-state index in [0.717, 1.165) is 12.1 Å². The standard InChI is InChI=1S/C22H14F6N4O3S/c23-21(24,25)17-10-18(22(26,27)28)31-20-16(17)7-8-19(32-20)35-14-3-5-15(6-4-14)36(33,34)30-12-13-2-1-9-29-11-13/h1-11,30H,12H2. The van der Waals surface area contributed by atoms with Gasteiger partial charge in [0.15, 0.2) is 5.65 Å². The van der Waals surface area contributed by atoms with Crippen LogP contribution in [0.4, 0.5) is 26.3 Å². The monoisotopic (exact) mass is 528 g/mol. The summed E-state index contributed by atoms with van der Waals surface area (Å²) in [5.74, 6) is -0.302. The van der Waals surface area contributed by atoms with Gasteiger partial charge in [-0.3, -0.25) is 4.98 Å². The molecule has 3 heterocycles. The summed E-state index contributed by atoms with van der Waals surface area (Å²) >= 11 is 0. The van der Waals surface area contributed by atoms with Gasteiger partial charge < -0.3 is 4.74 Å². The smallest absolute Gasteiger partial charge is 0.433 e. The first-order chi connectivity index (χ1) is 16.8. The van der Waals surface area contributed by atoms with E-state index in [1.54, 1.807) is 18.3 Å². The van der Waals surface area contributed by atoms with E-state index in [1.807, 2.05) is 0 Å². The van der Waals surface area contributed by atoms with Crippen LogP contribution in [0.5, 0.6) is 11.6 Å². The first-order valence-corrected chi connectivity index (χ1v) is 11.4. The molecule has 3 aromatic heterocycles. The van der Waals surface area contributed by atoms with Gasteiger partial charge in [-0.1, -0.05) is 6.07 Å². The van der Waals surface area contributed by atoms with Crippen LogP contribution in [0.15, 0.2) is 71.9 Å². The molecule has 4 aromatic rings. The number of hydrogen-bond acceptors (Lipinski definition) is 6. The van der Waals surface area contributed by atoms with E-state index in [2.05, 4.69) is 19.7 Å². The number of ether oxygens (including phenoxy) is 1. The molecule has 0 fully saturated rings. The number of sulfonamides is 1. The molecular formula is C22H14F6N4O3S. The Balaban J connectivity index is 1.57. The van der Waals surface area contributed by atoms with Crippen LogP contribution in [0.3, 0.4) is 0 Å². The lowest BCUT2D eigenvalue weighted by Crippen LogP contribution is -2.23. The number of nitrogens with zero attached hydrogens (tertiary/aromatic N) is 3. The van der Waals surface area contributed by atoms with E-state index in [-0.39, 0.29) is 29.1 Å². The highest BCUT2D eigenvalue weighted by molar-refractivity contribution is 7.89. The van der Waals surface area contributed by atoms with Crippen LogP contribution in [0.25, 0.3) is 11.0 Å². The van der Waals surface area contributed by atoms with E-state index in [0.29, 0.717) is 5.56 Å². The SMILES string of the molecule is O=S(=O)(NCc1cccnc1)c1ccc(Oc2ccc3c(C(F)(F)F)cc(C(F)(F)F)nc3n2)cc1. The van der Waals surface area contributed by atoms with Crippen LogP contribution < -0.4 is 9.46 Å². The molecule has 0 atom stereocenters. The zero-order chi connectivity index (χ0) is 26.1. The minimum Gasteiger partial charge on any atom is -0.439 e. The number of fused-ring (bicyclic) bond motifs is 1. The van der Waals surface area contributed by atoms with Crippen LogP contribution in [-0.2, 0) is 28.9 Å². The minimum absolute atomic E-state index is 0.00224. The molecular weight excluding hydrogens is 514 g/mol. The summed E-state index contributed by atoms with van der Waals surface area (Å²) in [6.45, 7) is 0.00224. The molecule has 1 aromatic carbocycles. The fourth-order valence-corrected chi connectivity index (χ4v) is 4.11. The third-order valence-electron chi connectivity index (χ3n) is 4.79. The lowest BCUT2D eigenvalue weighted by atomic mass is 10.1. The molecule has 4 rings (SSSR count). The van der Waals surface area contributed by atoms with Crippen molar-refractivity contribution in [3.05, 3.63) is 83.8 Å². The van der Waals surface area contributed by atoms with Crippen molar-refractivity contribution in [2.24, 2.45) is 0 Å². The molecule has 0 aliphatic carbocycles. The second kappa shape index (κ2) is 9.35. The Labute approximate surface area is 199 Å². The predicted molar refractivity (Wildman–Crippen MR) is 114 cm³/mol. The zero-order valence-corrected chi connectivity index (χ0v) is 18.6. The Bertz CT molecular complexity index is 1490. The molecule has 36 heavy (non-hydrogen) atoms. The van der Waals surface area contributed by atoms with Crippen molar-refractivity contribution in [2.45, 2.75) is 23.8 Å². The molecule has 0 aliphatic heterocycles. The fourth-order valence-electron chi connectivity index (χ4n) is 3.10. The molecule has 14 heteroatoms. The number of pyridine rings is 3. The van der Waals surface area contributed by atoms with Gasteiger partial charge in [0.1, 0.15) is 11.4 Å². The molecule has 0 aliphatic rings. The van der Waals surface area contributed by atoms with Crippen molar-refractivity contribution in [2.75, 3.05) is 0 Å². The average molecular weight is 528 g/mol. The van der Waals surface area contributed by atoms with Gasteiger partial charge in [-0.2, -0.15) is 31.3 Å². The van der Waals surface area contributed by atoms with Crippen molar-refractivity contribution in [3.63, 3.8) is 0 Å². The van der Waals surface area contributed by atoms with E-state index in [9.17, 15) is 34.8 Å². The van der Waals surface area contributed by atoms with Crippen LogP contribution in [0, 0.1) is 0 Å². The molecule has 0 bridgehead atoms. The molecule has 0 saturated heterocycles. The summed E-state index contributed by atoms with van der Waals surface area (Å²) in [6.07, 6.45) is -7.15. The Kier molecular flexibility index (Phi) is 6.58. The number of hydrogen-bond donors (Lipinski definition) is 1. The van der Waals surface area contributed by atoms with E-state index in [4.69, 9.17) is 4.74 Å². The van der Waals surface area contributed by atoms with Crippen LogP contribution in [0.2, 0.25) is 0 Å².